The fourth-order valence-corrected chi connectivity index (χ4v) is 1.83. The van der Waals surface area contributed by atoms with E-state index in [-0.39, 0.29) is 0 Å². The number of rotatable bonds is 2. The molecule has 0 spiro atoms. The van der Waals surface area contributed by atoms with Crippen LogP contribution in [0.25, 0.3) is 0 Å². The first kappa shape index (κ1) is 9.02. The molecule has 0 saturated carbocycles. The lowest BCUT2D eigenvalue weighted by atomic mass is 9.98. The van der Waals surface area contributed by atoms with Gasteiger partial charge < -0.3 is 9.73 Å². The molecule has 1 aliphatic rings. The molecule has 2 heterocycles. The Balaban J connectivity index is 2.05. The molecule has 13 heavy (non-hydrogen) atoms. The number of piperidine rings is 1. The van der Waals surface area contributed by atoms with E-state index in [9.17, 15) is 0 Å². The van der Waals surface area contributed by atoms with Gasteiger partial charge in [0.15, 0.2) is 0 Å². The highest BCUT2D eigenvalue weighted by atomic mass is 32.2. The van der Waals surface area contributed by atoms with E-state index < -0.39 is 0 Å². The summed E-state index contributed by atoms with van der Waals surface area (Å²) in [6, 6.07) is 0. The Morgan fingerprint density at radius 2 is 2.15 bits per heavy atom. The first-order valence-electron chi connectivity index (χ1n) is 4.48. The Bertz CT molecular complexity index is 270. The summed E-state index contributed by atoms with van der Waals surface area (Å²) in [5.41, 5.74) is 0. The number of aromatic nitrogens is 2. The van der Waals surface area contributed by atoms with Crippen LogP contribution in [-0.4, -0.2) is 29.5 Å². The van der Waals surface area contributed by atoms with Gasteiger partial charge in [0.25, 0.3) is 5.22 Å². The van der Waals surface area contributed by atoms with Crippen molar-refractivity contribution in [1.82, 2.24) is 15.5 Å². The summed E-state index contributed by atoms with van der Waals surface area (Å²) in [5, 5.41) is 12.0. The van der Waals surface area contributed by atoms with Crippen LogP contribution >= 0.6 is 11.8 Å². The summed E-state index contributed by atoms with van der Waals surface area (Å²) in [7, 11) is 0. The Morgan fingerprint density at radius 1 is 1.38 bits per heavy atom. The second kappa shape index (κ2) is 4.11. The Hall–Kier alpha value is -0.550. The molecule has 0 amide bonds. The quantitative estimate of drug-likeness (QED) is 0.727. The average Bonchev–Trinajstić information content (AvgIpc) is 2.67. The molecule has 0 aromatic carbocycles. The van der Waals surface area contributed by atoms with Crippen LogP contribution in [0.4, 0.5) is 0 Å². The van der Waals surface area contributed by atoms with Crippen LogP contribution in [0.2, 0.25) is 0 Å². The van der Waals surface area contributed by atoms with Crippen molar-refractivity contribution in [2.75, 3.05) is 19.3 Å². The molecule has 1 aromatic rings. The van der Waals surface area contributed by atoms with E-state index in [1.54, 1.807) is 0 Å². The van der Waals surface area contributed by atoms with Gasteiger partial charge in [-0.3, -0.25) is 0 Å². The molecule has 0 bridgehead atoms. The Morgan fingerprint density at radius 3 is 2.77 bits per heavy atom. The van der Waals surface area contributed by atoms with E-state index >= 15 is 0 Å². The second-order valence-electron chi connectivity index (χ2n) is 3.13. The Kier molecular flexibility index (Phi) is 2.85. The molecule has 1 saturated heterocycles. The summed E-state index contributed by atoms with van der Waals surface area (Å²) in [6.45, 7) is 2.11. The fourth-order valence-electron chi connectivity index (χ4n) is 1.54. The smallest absolute Gasteiger partial charge is 0.276 e. The van der Waals surface area contributed by atoms with Gasteiger partial charge in [-0.05, 0) is 32.2 Å². The van der Waals surface area contributed by atoms with E-state index in [1.165, 1.54) is 11.8 Å². The third-order valence-corrected chi connectivity index (χ3v) is 2.80. The fraction of sp³-hybridized carbons (Fsp3) is 0.750. The molecule has 1 fully saturated rings. The predicted molar refractivity (Wildman–Crippen MR) is 50.9 cm³/mol. The summed E-state index contributed by atoms with van der Waals surface area (Å²) < 4.78 is 5.49. The largest absolute Gasteiger partial charge is 0.416 e. The van der Waals surface area contributed by atoms with Gasteiger partial charge in [0.2, 0.25) is 5.89 Å². The third-order valence-electron chi connectivity index (χ3n) is 2.29. The van der Waals surface area contributed by atoms with Gasteiger partial charge in [-0.2, -0.15) is 0 Å². The first-order chi connectivity index (χ1) is 6.40. The van der Waals surface area contributed by atoms with Crippen LogP contribution in [0.5, 0.6) is 0 Å². The molecule has 0 aliphatic carbocycles. The van der Waals surface area contributed by atoms with Crippen LogP contribution in [-0.2, 0) is 0 Å². The van der Waals surface area contributed by atoms with Crippen molar-refractivity contribution in [2.24, 2.45) is 0 Å². The summed E-state index contributed by atoms with van der Waals surface area (Å²) in [4.78, 5) is 0. The minimum absolute atomic E-state index is 0.467. The van der Waals surface area contributed by atoms with Crippen LogP contribution < -0.4 is 5.32 Å². The molecular formula is C8H13N3OS. The molecule has 1 aliphatic heterocycles. The SMILES string of the molecule is CSc1nnc(C2CCNCC2)o1. The second-order valence-corrected chi connectivity index (χ2v) is 3.89. The third kappa shape index (κ3) is 2.03. The van der Waals surface area contributed by atoms with Crippen LogP contribution in [0.1, 0.15) is 24.7 Å². The average molecular weight is 199 g/mol. The number of hydrogen-bond acceptors (Lipinski definition) is 5. The van der Waals surface area contributed by atoms with Crippen molar-refractivity contribution in [3.8, 4) is 0 Å². The molecular weight excluding hydrogens is 186 g/mol. The number of thioether (sulfide) groups is 1. The van der Waals surface area contributed by atoms with E-state index in [4.69, 9.17) is 4.42 Å². The zero-order valence-electron chi connectivity index (χ0n) is 7.62. The molecule has 0 atom stereocenters. The highest BCUT2D eigenvalue weighted by molar-refractivity contribution is 7.98. The molecule has 1 N–H and O–H groups in total. The number of nitrogens with one attached hydrogen (secondary N) is 1. The topological polar surface area (TPSA) is 51.0 Å². The molecule has 5 heteroatoms. The summed E-state index contributed by atoms with van der Waals surface area (Å²) in [6.07, 6.45) is 4.16. The van der Waals surface area contributed by atoms with Gasteiger partial charge in [0.05, 0.1) is 0 Å². The molecule has 0 radical (unpaired) electrons. The lowest BCUT2D eigenvalue weighted by Gasteiger charge is -2.18. The highest BCUT2D eigenvalue weighted by Crippen LogP contribution is 2.25. The monoisotopic (exact) mass is 199 g/mol. The number of nitrogens with zero attached hydrogens (tertiary/aromatic N) is 2. The maximum absolute atomic E-state index is 5.49. The van der Waals surface area contributed by atoms with Crippen molar-refractivity contribution in [3.63, 3.8) is 0 Å². The standard InChI is InChI=1S/C8H13N3OS/c1-13-8-11-10-7(12-8)6-2-4-9-5-3-6/h6,9H,2-5H2,1H3. The highest BCUT2D eigenvalue weighted by Gasteiger charge is 2.20. The van der Waals surface area contributed by atoms with Crippen LogP contribution in [0.15, 0.2) is 9.64 Å². The van der Waals surface area contributed by atoms with Crippen LogP contribution in [0, 0.1) is 0 Å². The van der Waals surface area contributed by atoms with E-state index in [1.807, 2.05) is 6.26 Å². The lowest BCUT2D eigenvalue weighted by molar-refractivity contribution is 0.342. The van der Waals surface area contributed by atoms with E-state index in [0.29, 0.717) is 11.1 Å². The van der Waals surface area contributed by atoms with Crippen molar-refractivity contribution in [1.29, 1.82) is 0 Å². The Labute approximate surface area is 81.5 Å². The minimum Gasteiger partial charge on any atom is -0.416 e. The first-order valence-corrected chi connectivity index (χ1v) is 5.70. The van der Waals surface area contributed by atoms with Gasteiger partial charge in [-0.1, -0.05) is 11.8 Å². The van der Waals surface area contributed by atoms with Crippen molar-refractivity contribution >= 4 is 11.8 Å². The summed E-state index contributed by atoms with van der Waals surface area (Å²) >= 11 is 1.50. The molecule has 0 unspecified atom stereocenters. The van der Waals surface area contributed by atoms with Crippen LogP contribution in [0.3, 0.4) is 0 Å². The normalized spacial score (nSPS) is 19.2. The number of hydrogen-bond donors (Lipinski definition) is 1. The lowest BCUT2D eigenvalue weighted by Crippen LogP contribution is -2.26. The minimum atomic E-state index is 0.467. The predicted octanol–water partition coefficient (Wildman–Crippen LogP) is 1.26. The van der Waals surface area contributed by atoms with Crippen molar-refractivity contribution in [2.45, 2.75) is 24.0 Å². The maximum atomic E-state index is 5.49. The molecule has 72 valence electrons. The molecule has 4 nitrogen and oxygen atoms in total. The zero-order valence-corrected chi connectivity index (χ0v) is 8.43. The van der Waals surface area contributed by atoms with Crippen molar-refractivity contribution < 1.29 is 4.42 Å². The maximum Gasteiger partial charge on any atom is 0.276 e. The van der Waals surface area contributed by atoms with Crippen molar-refractivity contribution in [3.05, 3.63) is 5.89 Å². The molecule has 1 aromatic heterocycles. The van der Waals surface area contributed by atoms with Gasteiger partial charge in [-0.25, -0.2) is 0 Å². The zero-order chi connectivity index (χ0) is 9.10. The van der Waals surface area contributed by atoms with E-state index in [0.717, 1.165) is 31.8 Å². The van der Waals surface area contributed by atoms with Gasteiger partial charge in [-0.15, -0.1) is 10.2 Å². The van der Waals surface area contributed by atoms with E-state index in [2.05, 4.69) is 15.5 Å². The van der Waals surface area contributed by atoms with Gasteiger partial charge in [0, 0.05) is 5.92 Å². The molecule has 2 rings (SSSR count). The van der Waals surface area contributed by atoms with Gasteiger partial charge >= 0.3 is 0 Å². The van der Waals surface area contributed by atoms with Gasteiger partial charge in [0.1, 0.15) is 0 Å². The summed E-state index contributed by atoms with van der Waals surface area (Å²) in [5.74, 6) is 1.28.